The van der Waals surface area contributed by atoms with Gasteiger partial charge in [0.05, 0.1) is 17.5 Å². The Morgan fingerprint density at radius 1 is 1.50 bits per heavy atom. The summed E-state index contributed by atoms with van der Waals surface area (Å²) in [7, 11) is 1.69. The summed E-state index contributed by atoms with van der Waals surface area (Å²) in [4.78, 5) is 2.07. The molecule has 0 unspecified atom stereocenters. The number of rotatable bonds is 2. The second-order valence-electron chi connectivity index (χ2n) is 3.47. The maximum absolute atomic E-state index is 12.8. The van der Waals surface area contributed by atoms with Gasteiger partial charge < -0.3 is 15.4 Å². The molecule has 14 heavy (non-hydrogen) atoms. The standard InChI is InChI=1S/C10H13FN2O/c1-14-8-5-13(6-8)10-3-2-7(11)4-9(10)12/h2-4,8H,5-6,12H2,1H3. The van der Waals surface area contributed by atoms with Crippen molar-refractivity contribution in [3.8, 4) is 0 Å². The van der Waals surface area contributed by atoms with Crippen LogP contribution in [0.15, 0.2) is 18.2 Å². The third kappa shape index (κ3) is 1.53. The molecule has 4 heteroatoms. The predicted molar refractivity (Wildman–Crippen MR) is 53.8 cm³/mol. The van der Waals surface area contributed by atoms with Gasteiger partial charge in [-0.1, -0.05) is 0 Å². The molecule has 1 aromatic carbocycles. The van der Waals surface area contributed by atoms with Crippen LogP contribution in [0, 0.1) is 5.82 Å². The van der Waals surface area contributed by atoms with E-state index in [1.54, 1.807) is 13.2 Å². The SMILES string of the molecule is COC1CN(c2ccc(F)cc2N)C1. The van der Waals surface area contributed by atoms with E-state index in [4.69, 9.17) is 10.5 Å². The Morgan fingerprint density at radius 2 is 2.21 bits per heavy atom. The molecule has 76 valence electrons. The summed E-state index contributed by atoms with van der Waals surface area (Å²) in [5, 5.41) is 0. The van der Waals surface area contributed by atoms with Crippen LogP contribution in [0.3, 0.4) is 0 Å². The van der Waals surface area contributed by atoms with E-state index in [0.29, 0.717) is 5.69 Å². The van der Waals surface area contributed by atoms with Crippen molar-refractivity contribution in [2.75, 3.05) is 30.8 Å². The molecule has 2 N–H and O–H groups in total. The maximum atomic E-state index is 12.8. The fourth-order valence-corrected chi connectivity index (χ4v) is 1.60. The molecule has 0 aliphatic carbocycles. The van der Waals surface area contributed by atoms with Crippen molar-refractivity contribution in [1.82, 2.24) is 0 Å². The highest BCUT2D eigenvalue weighted by Crippen LogP contribution is 2.28. The lowest BCUT2D eigenvalue weighted by Crippen LogP contribution is -2.52. The first-order valence-corrected chi connectivity index (χ1v) is 4.53. The van der Waals surface area contributed by atoms with Crippen molar-refractivity contribution < 1.29 is 9.13 Å². The summed E-state index contributed by atoms with van der Waals surface area (Å²) in [6, 6.07) is 4.47. The van der Waals surface area contributed by atoms with Crippen molar-refractivity contribution in [3.05, 3.63) is 24.0 Å². The Labute approximate surface area is 82.3 Å². The summed E-state index contributed by atoms with van der Waals surface area (Å²) in [5.74, 6) is -0.296. The van der Waals surface area contributed by atoms with Gasteiger partial charge in [-0.05, 0) is 18.2 Å². The number of benzene rings is 1. The summed E-state index contributed by atoms with van der Waals surface area (Å²) in [5.41, 5.74) is 7.07. The Bertz CT molecular complexity index is 337. The molecule has 0 radical (unpaired) electrons. The Kier molecular flexibility index (Phi) is 2.29. The second kappa shape index (κ2) is 3.46. The van der Waals surface area contributed by atoms with Gasteiger partial charge in [-0.25, -0.2) is 4.39 Å². The Balaban J connectivity index is 2.11. The number of nitrogen functional groups attached to an aromatic ring is 1. The van der Waals surface area contributed by atoms with E-state index in [0.717, 1.165) is 18.8 Å². The van der Waals surface area contributed by atoms with Gasteiger partial charge in [-0.2, -0.15) is 0 Å². The number of methoxy groups -OCH3 is 1. The summed E-state index contributed by atoms with van der Waals surface area (Å²) >= 11 is 0. The topological polar surface area (TPSA) is 38.5 Å². The van der Waals surface area contributed by atoms with Crippen molar-refractivity contribution in [2.24, 2.45) is 0 Å². The van der Waals surface area contributed by atoms with Gasteiger partial charge >= 0.3 is 0 Å². The van der Waals surface area contributed by atoms with Gasteiger partial charge in [0.1, 0.15) is 5.82 Å². The van der Waals surface area contributed by atoms with Gasteiger partial charge in [0, 0.05) is 20.2 Å². The van der Waals surface area contributed by atoms with Crippen LogP contribution in [0.4, 0.5) is 15.8 Å². The van der Waals surface area contributed by atoms with Crippen LogP contribution >= 0.6 is 0 Å². The highest BCUT2D eigenvalue weighted by atomic mass is 19.1. The van der Waals surface area contributed by atoms with Crippen molar-refractivity contribution in [2.45, 2.75) is 6.10 Å². The molecule has 1 saturated heterocycles. The zero-order valence-electron chi connectivity index (χ0n) is 8.03. The minimum absolute atomic E-state index is 0.277. The number of hydrogen-bond acceptors (Lipinski definition) is 3. The summed E-state index contributed by atoms with van der Waals surface area (Å²) in [6.07, 6.45) is 0.277. The maximum Gasteiger partial charge on any atom is 0.125 e. The number of halogens is 1. The van der Waals surface area contributed by atoms with Crippen LogP contribution in [-0.4, -0.2) is 26.3 Å². The molecule has 1 aliphatic rings. The summed E-state index contributed by atoms with van der Waals surface area (Å²) in [6.45, 7) is 1.65. The molecule has 0 amide bonds. The highest BCUT2D eigenvalue weighted by molar-refractivity contribution is 5.68. The molecule has 0 saturated carbocycles. The van der Waals surface area contributed by atoms with E-state index >= 15 is 0 Å². The number of nitrogens with zero attached hydrogens (tertiary/aromatic N) is 1. The van der Waals surface area contributed by atoms with E-state index in [9.17, 15) is 4.39 Å². The van der Waals surface area contributed by atoms with Gasteiger partial charge in [0.2, 0.25) is 0 Å². The Hall–Kier alpha value is -1.29. The largest absolute Gasteiger partial charge is 0.397 e. The molecular formula is C10H13FN2O. The van der Waals surface area contributed by atoms with Crippen LogP contribution in [0.2, 0.25) is 0 Å². The van der Waals surface area contributed by atoms with Crippen LogP contribution < -0.4 is 10.6 Å². The molecular weight excluding hydrogens is 183 g/mol. The molecule has 1 heterocycles. The zero-order chi connectivity index (χ0) is 10.1. The van der Waals surface area contributed by atoms with E-state index in [1.807, 2.05) is 0 Å². The fraction of sp³-hybridized carbons (Fsp3) is 0.400. The first kappa shape index (κ1) is 9.27. The third-order valence-corrected chi connectivity index (χ3v) is 2.51. The number of anilines is 2. The fourth-order valence-electron chi connectivity index (χ4n) is 1.60. The first-order valence-electron chi connectivity index (χ1n) is 4.53. The van der Waals surface area contributed by atoms with Crippen LogP contribution in [0.1, 0.15) is 0 Å². The van der Waals surface area contributed by atoms with E-state index in [-0.39, 0.29) is 11.9 Å². The average Bonchev–Trinajstić information content (AvgIpc) is 2.06. The lowest BCUT2D eigenvalue weighted by Gasteiger charge is -2.40. The zero-order valence-corrected chi connectivity index (χ0v) is 8.03. The number of nitrogens with two attached hydrogens (primary N) is 1. The quantitative estimate of drug-likeness (QED) is 0.723. The lowest BCUT2D eigenvalue weighted by molar-refractivity contribution is 0.0788. The smallest absolute Gasteiger partial charge is 0.125 e. The molecule has 1 aliphatic heterocycles. The molecule has 1 aromatic rings. The first-order chi connectivity index (χ1) is 6.70. The average molecular weight is 196 g/mol. The molecule has 0 atom stereocenters. The lowest BCUT2D eigenvalue weighted by atomic mass is 10.1. The number of ether oxygens (including phenoxy) is 1. The minimum Gasteiger partial charge on any atom is -0.397 e. The predicted octanol–water partition coefficient (Wildman–Crippen LogP) is 1.24. The molecule has 0 aromatic heterocycles. The Morgan fingerprint density at radius 3 is 2.79 bits per heavy atom. The van der Waals surface area contributed by atoms with Crippen molar-refractivity contribution >= 4 is 11.4 Å². The molecule has 2 rings (SSSR count). The second-order valence-corrected chi connectivity index (χ2v) is 3.47. The van der Waals surface area contributed by atoms with Crippen molar-refractivity contribution in [1.29, 1.82) is 0 Å². The van der Waals surface area contributed by atoms with E-state index in [2.05, 4.69) is 4.90 Å². The van der Waals surface area contributed by atoms with Gasteiger partial charge in [-0.3, -0.25) is 0 Å². The van der Waals surface area contributed by atoms with Crippen molar-refractivity contribution in [3.63, 3.8) is 0 Å². The number of hydrogen-bond donors (Lipinski definition) is 1. The molecule has 3 nitrogen and oxygen atoms in total. The monoisotopic (exact) mass is 196 g/mol. The van der Waals surface area contributed by atoms with E-state index < -0.39 is 0 Å². The molecule has 1 fully saturated rings. The van der Waals surface area contributed by atoms with Gasteiger partial charge in [0.15, 0.2) is 0 Å². The molecule has 0 spiro atoms. The van der Waals surface area contributed by atoms with Crippen LogP contribution in [-0.2, 0) is 4.74 Å². The van der Waals surface area contributed by atoms with Gasteiger partial charge in [-0.15, -0.1) is 0 Å². The minimum atomic E-state index is -0.296. The van der Waals surface area contributed by atoms with Crippen LogP contribution in [0.5, 0.6) is 0 Å². The van der Waals surface area contributed by atoms with Gasteiger partial charge in [0.25, 0.3) is 0 Å². The molecule has 0 bridgehead atoms. The normalized spacial score (nSPS) is 16.9. The van der Waals surface area contributed by atoms with E-state index in [1.165, 1.54) is 12.1 Å². The highest BCUT2D eigenvalue weighted by Gasteiger charge is 2.27. The third-order valence-electron chi connectivity index (χ3n) is 2.51. The van der Waals surface area contributed by atoms with Crippen LogP contribution in [0.25, 0.3) is 0 Å². The summed E-state index contributed by atoms with van der Waals surface area (Å²) < 4.78 is 17.9.